The third-order valence-electron chi connectivity index (χ3n) is 2.29. The Balaban J connectivity index is 2.71. The highest BCUT2D eigenvalue weighted by atomic mass is 79.9. The van der Waals surface area contributed by atoms with E-state index in [2.05, 4.69) is 15.9 Å². The molecule has 0 saturated heterocycles. The van der Waals surface area contributed by atoms with E-state index in [1.807, 2.05) is 19.2 Å². The van der Waals surface area contributed by atoms with Gasteiger partial charge in [0.2, 0.25) is 0 Å². The van der Waals surface area contributed by atoms with E-state index in [1.54, 1.807) is 24.1 Å². The van der Waals surface area contributed by atoms with Crippen LogP contribution in [0, 0.1) is 0 Å². The van der Waals surface area contributed by atoms with Crippen LogP contribution in [-0.2, 0) is 0 Å². The Morgan fingerprint density at radius 3 is 2.88 bits per heavy atom. The molecule has 0 saturated carbocycles. The van der Waals surface area contributed by atoms with E-state index in [0.29, 0.717) is 11.3 Å². The largest absolute Gasteiger partial charge is 0.497 e. The molecule has 0 heterocycles. The van der Waals surface area contributed by atoms with Crippen LogP contribution in [0.15, 0.2) is 24.3 Å². The Labute approximate surface area is 105 Å². The lowest BCUT2D eigenvalue weighted by Gasteiger charge is -2.16. The Bertz CT molecular complexity index is 355. The Morgan fingerprint density at radius 1 is 1.50 bits per heavy atom. The van der Waals surface area contributed by atoms with Crippen LogP contribution in [-0.4, -0.2) is 36.8 Å². The van der Waals surface area contributed by atoms with Crippen molar-refractivity contribution in [3.63, 3.8) is 0 Å². The molecule has 1 amide bonds. The van der Waals surface area contributed by atoms with Crippen LogP contribution in [0.5, 0.6) is 5.75 Å². The molecule has 0 atom stereocenters. The summed E-state index contributed by atoms with van der Waals surface area (Å²) in [5, 5.41) is 0.905. The third kappa shape index (κ3) is 3.52. The highest BCUT2D eigenvalue weighted by Gasteiger charge is 2.11. The maximum Gasteiger partial charge on any atom is 0.253 e. The fraction of sp³-hybridized carbons (Fsp3) is 0.417. The number of carbonyl (C=O) groups is 1. The van der Waals surface area contributed by atoms with E-state index in [-0.39, 0.29) is 5.91 Å². The van der Waals surface area contributed by atoms with Crippen molar-refractivity contribution in [1.29, 1.82) is 0 Å². The first kappa shape index (κ1) is 13.0. The number of nitrogens with zero attached hydrogens (tertiary/aromatic N) is 1. The lowest BCUT2D eigenvalue weighted by molar-refractivity contribution is 0.0795. The molecule has 88 valence electrons. The number of amides is 1. The van der Waals surface area contributed by atoms with Gasteiger partial charge < -0.3 is 9.64 Å². The Kier molecular flexibility index (Phi) is 5.32. The molecule has 0 aromatic heterocycles. The van der Waals surface area contributed by atoms with Crippen LogP contribution in [0.2, 0.25) is 0 Å². The zero-order valence-corrected chi connectivity index (χ0v) is 11.2. The molecule has 0 N–H and O–H groups in total. The van der Waals surface area contributed by atoms with Gasteiger partial charge in [-0.05, 0) is 24.6 Å². The van der Waals surface area contributed by atoms with Crippen molar-refractivity contribution in [2.75, 3.05) is 26.0 Å². The van der Waals surface area contributed by atoms with Crippen LogP contribution in [0.1, 0.15) is 16.8 Å². The van der Waals surface area contributed by atoms with Gasteiger partial charge in [0.05, 0.1) is 7.11 Å². The van der Waals surface area contributed by atoms with Gasteiger partial charge in [0.15, 0.2) is 0 Å². The third-order valence-corrected chi connectivity index (χ3v) is 2.85. The number of benzene rings is 1. The minimum Gasteiger partial charge on any atom is -0.497 e. The molecule has 0 fully saturated rings. The molecular formula is C12H16BrNO2. The first-order valence-corrected chi connectivity index (χ1v) is 6.26. The smallest absolute Gasteiger partial charge is 0.253 e. The molecular weight excluding hydrogens is 270 g/mol. The molecule has 0 radical (unpaired) electrons. The van der Waals surface area contributed by atoms with Gasteiger partial charge in [-0.2, -0.15) is 0 Å². The van der Waals surface area contributed by atoms with Crippen molar-refractivity contribution >= 4 is 21.8 Å². The van der Waals surface area contributed by atoms with Crippen molar-refractivity contribution in [3.05, 3.63) is 29.8 Å². The van der Waals surface area contributed by atoms with Gasteiger partial charge in [0.25, 0.3) is 5.91 Å². The summed E-state index contributed by atoms with van der Waals surface area (Å²) >= 11 is 3.35. The summed E-state index contributed by atoms with van der Waals surface area (Å²) in [6.45, 7) is 0.751. The van der Waals surface area contributed by atoms with Gasteiger partial charge in [-0.3, -0.25) is 4.79 Å². The van der Waals surface area contributed by atoms with Gasteiger partial charge in [-0.1, -0.05) is 22.0 Å². The van der Waals surface area contributed by atoms with Crippen LogP contribution >= 0.6 is 15.9 Å². The average Bonchev–Trinajstić information content (AvgIpc) is 2.35. The number of ether oxygens (including phenoxy) is 1. The summed E-state index contributed by atoms with van der Waals surface area (Å²) in [6, 6.07) is 7.21. The summed E-state index contributed by atoms with van der Waals surface area (Å²) in [7, 11) is 3.41. The summed E-state index contributed by atoms with van der Waals surface area (Å²) in [4.78, 5) is 13.7. The molecule has 0 aliphatic heterocycles. The van der Waals surface area contributed by atoms with E-state index in [0.717, 1.165) is 18.3 Å². The van der Waals surface area contributed by atoms with Gasteiger partial charge in [0, 0.05) is 24.5 Å². The standard InChI is InChI=1S/C12H16BrNO2/c1-14(8-4-7-13)12(15)10-5-3-6-11(9-10)16-2/h3,5-6,9H,4,7-8H2,1-2H3. The molecule has 4 heteroatoms. The minimum absolute atomic E-state index is 0.0276. The fourth-order valence-corrected chi connectivity index (χ4v) is 1.63. The number of rotatable bonds is 5. The number of halogens is 1. The second-order valence-electron chi connectivity index (χ2n) is 3.50. The van der Waals surface area contributed by atoms with E-state index in [1.165, 1.54) is 0 Å². The van der Waals surface area contributed by atoms with Crippen LogP contribution in [0.3, 0.4) is 0 Å². The second kappa shape index (κ2) is 6.53. The monoisotopic (exact) mass is 285 g/mol. The molecule has 0 aliphatic carbocycles. The molecule has 16 heavy (non-hydrogen) atoms. The first-order chi connectivity index (χ1) is 7.69. The van der Waals surface area contributed by atoms with Gasteiger partial charge in [-0.25, -0.2) is 0 Å². The highest BCUT2D eigenvalue weighted by Crippen LogP contribution is 2.14. The van der Waals surface area contributed by atoms with E-state index < -0.39 is 0 Å². The quantitative estimate of drug-likeness (QED) is 0.778. The van der Waals surface area contributed by atoms with Crippen LogP contribution < -0.4 is 4.74 Å². The predicted molar refractivity (Wildman–Crippen MR) is 68.4 cm³/mol. The Hall–Kier alpha value is -1.03. The molecule has 0 unspecified atom stereocenters. The molecule has 0 aliphatic rings. The summed E-state index contributed by atoms with van der Waals surface area (Å²) in [6.07, 6.45) is 0.951. The number of alkyl halides is 1. The Morgan fingerprint density at radius 2 is 2.25 bits per heavy atom. The van der Waals surface area contributed by atoms with Crippen molar-refractivity contribution in [3.8, 4) is 5.75 Å². The van der Waals surface area contributed by atoms with Gasteiger partial charge >= 0.3 is 0 Å². The molecule has 0 bridgehead atoms. The number of hydrogen-bond acceptors (Lipinski definition) is 2. The van der Waals surface area contributed by atoms with Crippen molar-refractivity contribution < 1.29 is 9.53 Å². The lowest BCUT2D eigenvalue weighted by atomic mass is 10.2. The molecule has 3 nitrogen and oxygen atoms in total. The summed E-state index contributed by atoms with van der Waals surface area (Å²) in [5.74, 6) is 0.736. The van der Waals surface area contributed by atoms with Crippen molar-refractivity contribution in [2.24, 2.45) is 0 Å². The van der Waals surface area contributed by atoms with Crippen molar-refractivity contribution in [1.82, 2.24) is 4.90 Å². The van der Waals surface area contributed by atoms with E-state index in [4.69, 9.17) is 4.74 Å². The first-order valence-electron chi connectivity index (χ1n) is 5.14. The SMILES string of the molecule is COc1cccc(C(=O)N(C)CCCBr)c1. The van der Waals surface area contributed by atoms with Crippen LogP contribution in [0.4, 0.5) is 0 Å². The molecule has 1 aromatic carbocycles. The minimum atomic E-state index is 0.0276. The van der Waals surface area contributed by atoms with Crippen LogP contribution in [0.25, 0.3) is 0 Å². The normalized spacial score (nSPS) is 9.94. The number of methoxy groups -OCH3 is 1. The average molecular weight is 286 g/mol. The highest BCUT2D eigenvalue weighted by molar-refractivity contribution is 9.09. The maximum atomic E-state index is 12.0. The van der Waals surface area contributed by atoms with Gasteiger partial charge in [-0.15, -0.1) is 0 Å². The summed E-state index contributed by atoms with van der Waals surface area (Å²) < 4.78 is 5.09. The van der Waals surface area contributed by atoms with Crippen molar-refractivity contribution in [2.45, 2.75) is 6.42 Å². The molecule has 0 spiro atoms. The number of carbonyl (C=O) groups excluding carboxylic acids is 1. The molecule has 1 aromatic rings. The van der Waals surface area contributed by atoms with Gasteiger partial charge in [0.1, 0.15) is 5.75 Å². The maximum absolute atomic E-state index is 12.0. The zero-order valence-electron chi connectivity index (χ0n) is 9.57. The zero-order chi connectivity index (χ0) is 12.0. The second-order valence-corrected chi connectivity index (χ2v) is 4.29. The number of hydrogen-bond donors (Lipinski definition) is 0. The lowest BCUT2D eigenvalue weighted by Crippen LogP contribution is -2.27. The topological polar surface area (TPSA) is 29.5 Å². The molecule has 1 rings (SSSR count). The van der Waals surface area contributed by atoms with E-state index in [9.17, 15) is 4.79 Å². The summed E-state index contributed by atoms with van der Waals surface area (Å²) in [5.41, 5.74) is 0.663. The van der Waals surface area contributed by atoms with E-state index >= 15 is 0 Å². The predicted octanol–water partition coefficient (Wildman–Crippen LogP) is 2.55. The fourth-order valence-electron chi connectivity index (χ4n) is 1.37.